The molecule has 2 aliphatic carbocycles. The van der Waals surface area contributed by atoms with E-state index in [0.717, 1.165) is 46.0 Å². The van der Waals surface area contributed by atoms with E-state index >= 15 is 0 Å². The van der Waals surface area contributed by atoms with E-state index in [1.807, 2.05) is 12.1 Å². The Kier molecular flexibility index (Phi) is 7.54. The quantitative estimate of drug-likeness (QED) is 0.147. The number of hydrogen-bond donors (Lipinski definition) is 0. The van der Waals surface area contributed by atoms with E-state index in [1.165, 1.54) is 55.7 Å². The van der Waals surface area contributed by atoms with Crippen molar-refractivity contribution in [3.05, 3.63) is 190 Å². The van der Waals surface area contributed by atoms with Crippen molar-refractivity contribution in [2.75, 3.05) is 0 Å². The summed E-state index contributed by atoms with van der Waals surface area (Å²) in [5.41, 5.74) is 13.7. The Hall–Kier alpha value is -4.86. The van der Waals surface area contributed by atoms with Crippen molar-refractivity contribution in [2.24, 2.45) is 0 Å². The normalized spacial score (nSPS) is 16.7. The zero-order valence-electron chi connectivity index (χ0n) is 25.2. The Balaban J connectivity index is 1.08. The minimum absolute atomic E-state index is 0.321. The zero-order chi connectivity index (χ0) is 30.0. The maximum Gasteiger partial charge on any atom is 0.130 e. The molecule has 2 heterocycles. The molecule has 0 bridgehead atoms. The predicted molar refractivity (Wildman–Crippen MR) is 185 cm³/mol. The first-order valence-corrected chi connectivity index (χ1v) is 17.3. The number of hydrogen-bond acceptors (Lipinski definition) is 2. The Morgan fingerprint density at radius 1 is 0.467 bits per heavy atom. The second-order valence-corrected chi connectivity index (χ2v) is 13.4. The van der Waals surface area contributed by atoms with Gasteiger partial charge in [-0.3, -0.25) is 0 Å². The number of allylic oxidation sites excluding steroid dienone is 2. The first kappa shape index (κ1) is 27.7. The second kappa shape index (κ2) is 12.3. The molecule has 0 aliphatic heterocycles. The standard InChI is InChI=1S/C42H34O2Si/c1-3-11-29(12-4-1)23-31-15-7-17-33-35(31)25-37(41-19-9-21-43-41)39(33)27-45-28-40-34-18-8-16-32(24-30-13-5-2-6-14-30)36(34)26-38(40)42-20-10-22-44-42/h1-22,25-26,39-40H,23-24,27-28H2. The molecule has 0 spiro atoms. The van der Waals surface area contributed by atoms with Gasteiger partial charge in [0.15, 0.2) is 0 Å². The van der Waals surface area contributed by atoms with E-state index in [9.17, 15) is 0 Å². The molecular weight excluding hydrogens is 565 g/mol. The number of rotatable bonds is 10. The summed E-state index contributed by atoms with van der Waals surface area (Å²) < 4.78 is 12.0. The molecule has 218 valence electrons. The highest BCUT2D eigenvalue weighted by Gasteiger charge is 2.32. The van der Waals surface area contributed by atoms with Gasteiger partial charge < -0.3 is 8.83 Å². The van der Waals surface area contributed by atoms with Crippen LogP contribution < -0.4 is 0 Å². The molecule has 6 aromatic rings. The van der Waals surface area contributed by atoms with Crippen molar-refractivity contribution >= 4 is 32.8 Å². The van der Waals surface area contributed by atoms with Crippen molar-refractivity contribution in [3.8, 4) is 0 Å². The lowest BCUT2D eigenvalue weighted by atomic mass is 9.92. The fourth-order valence-electron chi connectivity index (χ4n) is 7.20. The summed E-state index contributed by atoms with van der Waals surface area (Å²) in [6.07, 6.45) is 10.3. The van der Waals surface area contributed by atoms with Crippen LogP contribution in [-0.4, -0.2) is 9.52 Å². The average molecular weight is 599 g/mol. The molecule has 2 atom stereocenters. The van der Waals surface area contributed by atoms with Crippen LogP contribution in [0, 0.1) is 0 Å². The molecular formula is C42H34O2Si. The average Bonchev–Trinajstić information content (AvgIpc) is 3.90. The summed E-state index contributed by atoms with van der Waals surface area (Å²) in [5.74, 6) is 2.61. The molecule has 3 heteroatoms. The van der Waals surface area contributed by atoms with Crippen LogP contribution in [0.4, 0.5) is 0 Å². The summed E-state index contributed by atoms with van der Waals surface area (Å²) in [6.45, 7) is 0. The lowest BCUT2D eigenvalue weighted by Gasteiger charge is -2.20. The van der Waals surface area contributed by atoms with Crippen LogP contribution in [0.3, 0.4) is 0 Å². The van der Waals surface area contributed by atoms with E-state index in [4.69, 9.17) is 8.83 Å². The highest BCUT2D eigenvalue weighted by atomic mass is 28.2. The Morgan fingerprint density at radius 3 is 1.36 bits per heavy atom. The highest BCUT2D eigenvalue weighted by Crippen LogP contribution is 2.49. The summed E-state index contributed by atoms with van der Waals surface area (Å²) in [6, 6.07) is 45.7. The van der Waals surface area contributed by atoms with Gasteiger partial charge in [0.05, 0.1) is 12.5 Å². The summed E-state index contributed by atoms with van der Waals surface area (Å²) >= 11 is 0. The van der Waals surface area contributed by atoms with E-state index in [1.54, 1.807) is 12.5 Å². The van der Waals surface area contributed by atoms with Gasteiger partial charge in [-0.2, -0.15) is 0 Å². The van der Waals surface area contributed by atoms with E-state index < -0.39 is 0 Å². The maximum atomic E-state index is 6.00. The first-order valence-electron chi connectivity index (χ1n) is 15.8. The second-order valence-electron chi connectivity index (χ2n) is 12.1. The molecule has 2 aliphatic rings. The number of benzene rings is 4. The van der Waals surface area contributed by atoms with Gasteiger partial charge in [0.2, 0.25) is 0 Å². The zero-order valence-corrected chi connectivity index (χ0v) is 26.2. The Labute approximate surface area is 267 Å². The molecule has 2 radical (unpaired) electrons. The van der Waals surface area contributed by atoms with Crippen molar-refractivity contribution in [3.63, 3.8) is 0 Å². The molecule has 0 saturated carbocycles. The van der Waals surface area contributed by atoms with Gasteiger partial charge in [-0.15, -0.1) is 0 Å². The van der Waals surface area contributed by atoms with Gasteiger partial charge in [-0.25, -0.2) is 0 Å². The summed E-state index contributed by atoms with van der Waals surface area (Å²) in [5, 5.41) is 0. The molecule has 2 unspecified atom stereocenters. The molecule has 0 saturated heterocycles. The lowest BCUT2D eigenvalue weighted by Crippen LogP contribution is -2.08. The van der Waals surface area contributed by atoms with Crippen LogP contribution in [0.2, 0.25) is 12.1 Å². The summed E-state index contributed by atoms with van der Waals surface area (Å²) in [7, 11) is 0.781. The fourth-order valence-corrected chi connectivity index (χ4v) is 8.82. The lowest BCUT2D eigenvalue weighted by molar-refractivity contribution is 0.549. The van der Waals surface area contributed by atoms with Crippen LogP contribution in [-0.2, 0) is 12.8 Å². The number of fused-ring (bicyclic) bond motifs is 2. The largest absolute Gasteiger partial charge is 0.465 e. The number of furan rings is 2. The molecule has 0 amide bonds. The fraction of sp³-hybridized carbons (Fsp3) is 0.143. The smallest absolute Gasteiger partial charge is 0.130 e. The van der Waals surface area contributed by atoms with Gasteiger partial charge in [-0.05, 0) is 106 Å². The molecule has 0 N–H and O–H groups in total. The van der Waals surface area contributed by atoms with Gasteiger partial charge in [0.1, 0.15) is 11.5 Å². The van der Waals surface area contributed by atoms with Crippen LogP contribution in [0.15, 0.2) is 143 Å². The SMILES string of the molecule is C1=C(c2ccco2)C(C[Si]CC2C(c3ccco3)=Cc3c(Cc4ccccc4)cccc32)c2cccc(Cc3ccccc3)c21. The van der Waals surface area contributed by atoms with Gasteiger partial charge >= 0.3 is 0 Å². The van der Waals surface area contributed by atoms with Gasteiger partial charge in [0, 0.05) is 32.5 Å². The van der Waals surface area contributed by atoms with E-state index in [0.29, 0.717) is 11.8 Å². The first-order chi connectivity index (χ1) is 22.3. The third kappa shape index (κ3) is 5.49. The molecule has 0 fully saturated rings. The maximum absolute atomic E-state index is 6.00. The Bertz CT molecular complexity index is 1820. The molecule has 4 aromatic carbocycles. The van der Waals surface area contributed by atoms with Gasteiger partial charge in [-0.1, -0.05) is 97.1 Å². The third-order valence-electron chi connectivity index (χ3n) is 9.34. The van der Waals surface area contributed by atoms with Crippen LogP contribution >= 0.6 is 0 Å². The van der Waals surface area contributed by atoms with E-state index in [2.05, 4.69) is 121 Å². The van der Waals surface area contributed by atoms with Crippen LogP contribution in [0.25, 0.3) is 23.3 Å². The molecule has 45 heavy (non-hydrogen) atoms. The van der Waals surface area contributed by atoms with Gasteiger partial charge in [0.25, 0.3) is 0 Å². The minimum atomic E-state index is 0.321. The molecule has 2 aromatic heterocycles. The third-order valence-corrected chi connectivity index (χ3v) is 10.7. The van der Waals surface area contributed by atoms with Crippen LogP contribution in [0.1, 0.15) is 67.9 Å². The highest BCUT2D eigenvalue weighted by molar-refractivity contribution is 6.37. The minimum Gasteiger partial charge on any atom is -0.465 e. The van der Waals surface area contributed by atoms with Crippen molar-refractivity contribution in [1.29, 1.82) is 0 Å². The molecule has 8 rings (SSSR count). The van der Waals surface area contributed by atoms with E-state index in [-0.39, 0.29) is 0 Å². The van der Waals surface area contributed by atoms with Crippen molar-refractivity contribution in [1.82, 2.24) is 0 Å². The Morgan fingerprint density at radius 2 is 0.933 bits per heavy atom. The predicted octanol–water partition coefficient (Wildman–Crippen LogP) is 10.6. The topological polar surface area (TPSA) is 26.3 Å². The summed E-state index contributed by atoms with van der Waals surface area (Å²) in [4.78, 5) is 0. The van der Waals surface area contributed by atoms with Crippen molar-refractivity contribution < 1.29 is 8.83 Å². The van der Waals surface area contributed by atoms with Crippen molar-refractivity contribution in [2.45, 2.75) is 36.8 Å². The monoisotopic (exact) mass is 598 g/mol. The van der Waals surface area contributed by atoms with Crippen LogP contribution in [0.5, 0.6) is 0 Å². The molecule has 2 nitrogen and oxygen atoms in total.